The van der Waals surface area contributed by atoms with Crippen LogP contribution in [0.2, 0.25) is 0 Å². The van der Waals surface area contributed by atoms with Crippen molar-refractivity contribution in [1.82, 2.24) is 20.6 Å². The second kappa shape index (κ2) is 6.70. The molecule has 1 heterocycles. The summed E-state index contributed by atoms with van der Waals surface area (Å²) in [4.78, 5) is 18.9. The number of amides is 1. The van der Waals surface area contributed by atoms with Crippen LogP contribution in [-0.2, 0) is 13.1 Å². The van der Waals surface area contributed by atoms with E-state index >= 15 is 0 Å². The van der Waals surface area contributed by atoms with Gasteiger partial charge in [-0.25, -0.2) is 4.98 Å². The quantitative estimate of drug-likeness (QED) is 0.734. The zero-order valence-corrected chi connectivity index (χ0v) is 10.9. The van der Waals surface area contributed by atoms with E-state index in [0.717, 1.165) is 11.4 Å². The van der Waals surface area contributed by atoms with Gasteiger partial charge in [-0.05, 0) is 24.6 Å². The summed E-state index contributed by atoms with van der Waals surface area (Å²) in [6, 6.07) is 7.62. The van der Waals surface area contributed by atoms with Gasteiger partial charge in [-0.2, -0.15) is 0 Å². The standard InChI is InChI=1S/C14H18N4O/c1-2-16-14(19)12-5-3-4-11(8-12)9-15-10-13-17-6-7-18-13/h3-8,15H,2,9-10H2,1H3,(H,16,19)(H,17,18). The number of carbonyl (C=O) groups excluding carboxylic acids is 1. The molecule has 19 heavy (non-hydrogen) atoms. The Kier molecular flexibility index (Phi) is 4.69. The average Bonchev–Trinajstić information content (AvgIpc) is 2.93. The van der Waals surface area contributed by atoms with Crippen molar-refractivity contribution in [3.05, 3.63) is 53.6 Å². The van der Waals surface area contributed by atoms with Crippen LogP contribution < -0.4 is 10.6 Å². The van der Waals surface area contributed by atoms with Gasteiger partial charge in [0, 0.05) is 31.0 Å². The fourth-order valence-corrected chi connectivity index (χ4v) is 1.81. The summed E-state index contributed by atoms with van der Waals surface area (Å²) in [6.07, 6.45) is 3.53. The Morgan fingerprint density at radius 3 is 3.00 bits per heavy atom. The molecule has 0 aliphatic heterocycles. The maximum atomic E-state index is 11.7. The number of rotatable bonds is 6. The van der Waals surface area contributed by atoms with Crippen molar-refractivity contribution in [3.8, 4) is 0 Å². The van der Waals surface area contributed by atoms with E-state index in [2.05, 4.69) is 20.6 Å². The molecule has 0 unspecified atom stereocenters. The van der Waals surface area contributed by atoms with Crippen LogP contribution in [0.4, 0.5) is 0 Å². The van der Waals surface area contributed by atoms with Crippen LogP contribution in [0, 0.1) is 0 Å². The van der Waals surface area contributed by atoms with E-state index in [1.54, 1.807) is 12.4 Å². The summed E-state index contributed by atoms with van der Waals surface area (Å²) < 4.78 is 0. The minimum atomic E-state index is -0.0321. The third-order valence-corrected chi connectivity index (χ3v) is 2.70. The van der Waals surface area contributed by atoms with E-state index in [-0.39, 0.29) is 5.91 Å². The predicted octanol–water partition coefficient (Wildman–Crippen LogP) is 1.45. The van der Waals surface area contributed by atoms with Crippen molar-refractivity contribution in [2.45, 2.75) is 20.0 Å². The van der Waals surface area contributed by atoms with Crippen LogP contribution in [0.1, 0.15) is 28.7 Å². The monoisotopic (exact) mass is 258 g/mol. The predicted molar refractivity (Wildman–Crippen MR) is 73.6 cm³/mol. The molecule has 3 N–H and O–H groups in total. The van der Waals surface area contributed by atoms with Crippen LogP contribution in [0.15, 0.2) is 36.7 Å². The number of aromatic amines is 1. The van der Waals surface area contributed by atoms with Gasteiger partial charge in [0.1, 0.15) is 5.82 Å². The third kappa shape index (κ3) is 3.93. The van der Waals surface area contributed by atoms with Crippen molar-refractivity contribution in [2.75, 3.05) is 6.54 Å². The van der Waals surface area contributed by atoms with Gasteiger partial charge < -0.3 is 15.6 Å². The first-order valence-electron chi connectivity index (χ1n) is 6.35. The summed E-state index contributed by atoms with van der Waals surface area (Å²) in [5, 5.41) is 6.07. The Morgan fingerprint density at radius 2 is 2.26 bits per heavy atom. The van der Waals surface area contributed by atoms with E-state index in [1.165, 1.54) is 0 Å². The number of H-pyrrole nitrogens is 1. The van der Waals surface area contributed by atoms with Crippen LogP contribution in [0.25, 0.3) is 0 Å². The number of aromatic nitrogens is 2. The third-order valence-electron chi connectivity index (χ3n) is 2.70. The molecule has 5 heteroatoms. The Morgan fingerprint density at radius 1 is 1.37 bits per heavy atom. The highest BCUT2D eigenvalue weighted by Crippen LogP contribution is 2.05. The van der Waals surface area contributed by atoms with E-state index in [0.29, 0.717) is 25.2 Å². The Balaban J connectivity index is 1.90. The molecule has 100 valence electrons. The minimum absolute atomic E-state index is 0.0321. The maximum Gasteiger partial charge on any atom is 0.251 e. The lowest BCUT2D eigenvalue weighted by atomic mass is 10.1. The second-order valence-electron chi connectivity index (χ2n) is 4.20. The van der Waals surface area contributed by atoms with Gasteiger partial charge in [0.25, 0.3) is 5.91 Å². The van der Waals surface area contributed by atoms with Crippen molar-refractivity contribution in [1.29, 1.82) is 0 Å². The SMILES string of the molecule is CCNC(=O)c1cccc(CNCc2ncc[nH]2)c1. The van der Waals surface area contributed by atoms with Gasteiger partial charge in [0.05, 0.1) is 6.54 Å². The van der Waals surface area contributed by atoms with Crippen molar-refractivity contribution in [3.63, 3.8) is 0 Å². The first kappa shape index (κ1) is 13.3. The molecule has 2 aromatic rings. The Bertz CT molecular complexity index is 522. The summed E-state index contributed by atoms with van der Waals surface area (Å²) in [5.74, 6) is 0.871. The van der Waals surface area contributed by atoms with E-state index in [4.69, 9.17) is 0 Å². The molecular weight excluding hydrogens is 240 g/mol. The lowest BCUT2D eigenvalue weighted by Crippen LogP contribution is -2.23. The highest BCUT2D eigenvalue weighted by atomic mass is 16.1. The van der Waals surface area contributed by atoms with Gasteiger partial charge in [0.2, 0.25) is 0 Å². The molecule has 0 bridgehead atoms. The van der Waals surface area contributed by atoms with Gasteiger partial charge >= 0.3 is 0 Å². The average molecular weight is 258 g/mol. The van der Waals surface area contributed by atoms with Crippen molar-refractivity contribution < 1.29 is 4.79 Å². The van der Waals surface area contributed by atoms with Crippen LogP contribution in [-0.4, -0.2) is 22.4 Å². The van der Waals surface area contributed by atoms with Gasteiger partial charge in [-0.1, -0.05) is 12.1 Å². The van der Waals surface area contributed by atoms with Gasteiger partial charge in [-0.3, -0.25) is 4.79 Å². The summed E-state index contributed by atoms with van der Waals surface area (Å²) in [5.41, 5.74) is 1.77. The molecule has 5 nitrogen and oxygen atoms in total. The molecule has 1 aromatic carbocycles. The second-order valence-corrected chi connectivity index (χ2v) is 4.20. The van der Waals surface area contributed by atoms with Gasteiger partial charge in [0.15, 0.2) is 0 Å². The number of nitrogens with zero attached hydrogens (tertiary/aromatic N) is 1. The first-order valence-corrected chi connectivity index (χ1v) is 6.35. The molecule has 1 aromatic heterocycles. The molecule has 0 saturated carbocycles. The van der Waals surface area contributed by atoms with Crippen molar-refractivity contribution in [2.24, 2.45) is 0 Å². The molecular formula is C14H18N4O. The minimum Gasteiger partial charge on any atom is -0.352 e. The fraction of sp³-hybridized carbons (Fsp3) is 0.286. The number of nitrogens with one attached hydrogen (secondary N) is 3. The number of hydrogen-bond donors (Lipinski definition) is 3. The number of imidazole rings is 1. The maximum absolute atomic E-state index is 11.7. The zero-order chi connectivity index (χ0) is 13.5. The molecule has 0 spiro atoms. The highest BCUT2D eigenvalue weighted by Gasteiger charge is 2.04. The zero-order valence-electron chi connectivity index (χ0n) is 10.9. The van der Waals surface area contributed by atoms with Crippen molar-refractivity contribution >= 4 is 5.91 Å². The number of hydrogen-bond acceptors (Lipinski definition) is 3. The van der Waals surface area contributed by atoms with E-state index < -0.39 is 0 Å². The highest BCUT2D eigenvalue weighted by molar-refractivity contribution is 5.94. The smallest absolute Gasteiger partial charge is 0.251 e. The molecule has 0 aliphatic rings. The largest absolute Gasteiger partial charge is 0.352 e. The van der Waals surface area contributed by atoms with E-state index in [1.807, 2.05) is 31.2 Å². The lowest BCUT2D eigenvalue weighted by molar-refractivity contribution is 0.0955. The summed E-state index contributed by atoms with van der Waals surface area (Å²) in [6.45, 7) is 3.93. The number of benzene rings is 1. The van der Waals surface area contributed by atoms with Gasteiger partial charge in [-0.15, -0.1) is 0 Å². The fourth-order valence-electron chi connectivity index (χ4n) is 1.81. The topological polar surface area (TPSA) is 69.8 Å². The molecule has 0 aliphatic carbocycles. The Hall–Kier alpha value is -2.14. The first-order chi connectivity index (χ1) is 9.29. The molecule has 0 fully saturated rings. The molecule has 0 saturated heterocycles. The van der Waals surface area contributed by atoms with Crippen LogP contribution >= 0.6 is 0 Å². The van der Waals surface area contributed by atoms with Crippen LogP contribution in [0.5, 0.6) is 0 Å². The molecule has 0 radical (unpaired) electrons. The lowest BCUT2D eigenvalue weighted by Gasteiger charge is -2.06. The molecule has 0 atom stereocenters. The normalized spacial score (nSPS) is 10.4. The molecule has 1 amide bonds. The van der Waals surface area contributed by atoms with Crippen LogP contribution in [0.3, 0.4) is 0 Å². The Labute approximate surface area is 112 Å². The number of carbonyl (C=O) groups is 1. The summed E-state index contributed by atoms with van der Waals surface area (Å²) in [7, 11) is 0. The van der Waals surface area contributed by atoms with E-state index in [9.17, 15) is 4.79 Å². The molecule has 2 rings (SSSR count). The summed E-state index contributed by atoms with van der Waals surface area (Å²) >= 11 is 0.